The van der Waals surface area contributed by atoms with E-state index < -0.39 is 0 Å². The Hall–Kier alpha value is -0.101. The average Bonchev–Trinajstić information content (AvgIpc) is 2.64. The number of rotatable bonds is 6. The van der Waals surface area contributed by atoms with Crippen molar-refractivity contribution in [1.82, 2.24) is 21.3 Å². The number of nitrogens with one attached hydrogen (secondary N) is 4. The van der Waals surface area contributed by atoms with Gasteiger partial charge in [0.1, 0.15) is 0 Å². The summed E-state index contributed by atoms with van der Waals surface area (Å²) in [6.45, 7) is 6.42. The molecule has 148 valence electrons. The molecular formula is C17H36N4O2Se2. The zero-order valence-electron chi connectivity index (χ0n) is 15.3. The predicted molar refractivity (Wildman–Crippen MR) is 108 cm³/mol. The van der Waals surface area contributed by atoms with Gasteiger partial charge in [0, 0.05) is 0 Å². The van der Waals surface area contributed by atoms with Crippen LogP contribution in [0.4, 0.5) is 9.59 Å². The second-order valence-corrected chi connectivity index (χ2v) is 7.85. The molecule has 2 fully saturated rings. The molecule has 0 radical (unpaired) electrons. The molecule has 0 aromatic rings. The number of hydrogen-bond donors (Lipinski definition) is 4. The van der Waals surface area contributed by atoms with Gasteiger partial charge in [0.15, 0.2) is 0 Å². The molecule has 2 heterocycles. The molecule has 2 aliphatic rings. The summed E-state index contributed by atoms with van der Waals surface area (Å²) in [6.07, 6.45) is 11.4. The van der Waals surface area contributed by atoms with E-state index in [1.54, 1.807) is 0 Å². The van der Waals surface area contributed by atoms with Gasteiger partial charge in [-0.15, -0.1) is 0 Å². The molecule has 2 rings (SSSR count). The molecule has 0 spiro atoms. The van der Waals surface area contributed by atoms with Gasteiger partial charge in [0.25, 0.3) is 0 Å². The van der Waals surface area contributed by atoms with Gasteiger partial charge in [-0.25, -0.2) is 0 Å². The molecule has 6 nitrogen and oxygen atoms in total. The monoisotopic (exact) mass is 488 g/mol. The number of unbranched alkanes of at least 4 members (excludes halogenated alkanes) is 2. The van der Waals surface area contributed by atoms with Crippen molar-refractivity contribution in [3.05, 3.63) is 0 Å². The zero-order valence-corrected chi connectivity index (χ0v) is 19.1. The van der Waals surface area contributed by atoms with Crippen LogP contribution in [0.2, 0.25) is 0 Å². The summed E-state index contributed by atoms with van der Waals surface area (Å²) in [4.78, 5) is 20.7. The van der Waals surface area contributed by atoms with E-state index in [0.29, 0.717) is 13.1 Å². The number of hydrogen-bond acceptors (Lipinski definition) is 4. The third-order valence-corrected chi connectivity index (χ3v) is 4.48. The number of carbonyl (C=O) groups is 2. The fourth-order valence-corrected chi connectivity index (χ4v) is 2.89. The van der Waals surface area contributed by atoms with Crippen LogP contribution < -0.4 is 21.3 Å². The van der Waals surface area contributed by atoms with Crippen LogP contribution >= 0.6 is 0 Å². The molecule has 2 amide bonds. The second kappa shape index (κ2) is 20.2. The van der Waals surface area contributed by atoms with Crippen molar-refractivity contribution in [1.29, 1.82) is 0 Å². The molecule has 8 heteroatoms. The first-order valence-electron chi connectivity index (χ1n) is 9.48. The average molecular weight is 486 g/mol. The fraction of sp³-hybridized carbons (Fsp3) is 0.882. The third-order valence-electron chi connectivity index (χ3n) is 3.82. The van der Waals surface area contributed by atoms with Crippen LogP contribution in [0.25, 0.3) is 0 Å². The maximum atomic E-state index is 10.4. The van der Waals surface area contributed by atoms with E-state index in [4.69, 9.17) is 0 Å². The SMILES string of the molecule is C1CCNCC1.C1CCNCC1.O=C([SeH])NCCCCCNC(=O)[SeH]. The molecule has 0 aliphatic carbocycles. The van der Waals surface area contributed by atoms with E-state index in [-0.39, 0.29) is 9.61 Å². The van der Waals surface area contributed by atoms with Gasteiger partial charge in [-0.3, -0.25) is 0 Å². The van der Waals surface area contributed by atoms with Crippen LogP contribution in [0.1, 0.15) is 57.8 Å². The summed E-state index contributed by atoms with van der Waals surface area (Å²) in [5.41, 5.74) is 0. The number of piperidine rings is 2. The summed E-state index contributed by atoms with van der Waals surface area (Å²) >= 11 is 3.86. The first-order valence-corrected chi connectivity index (χ1v) is 11.4. The van der Waals surface area contributed by atoms with E-state index in [1.807, 2.05) is 32.0 Å². The molecule has 0 aromatic carbocycles. The molecule has 0 atom stereocenters. The second-order valence-electron chi connectivity index (χ2n) is 6.15. The number of carbonyl (C=O) groups excluding carboxylic acids is 2. The Morgan fingerprint density at radius 1 is 0.640 bits per heavy atom. The van der Waals surface area contributed by atoms with Crippen LogP contribution in [0.5, 0.6) is 0 Å². The Labute approximate surface area is 169 Å². The zero-order chi connectivity index (χ0) is 18.6. The normalized spacial score (nSPS) is 16.4. The van der Waals surface area contributed by atoms with Gasteiger partial charge in [-0.05, 0) is 51.9 Å². The predicted octanol–water partition coefficient (Wildman–Crippen LogP) is 0.897. The van der Waals surface area contributed by atoms with Gasteiger partial charge in [-0.2, -0.15) is 0 Å². The van der Waals surface area contributed by atoms with Gasteiger partial charge >= 0.3 is 94.2 Å². The minimum absolute atomic E-state index is 0.0494. The summed E-state index contributed by atoms with van der Waals surface area (Å²) < 4.78 is 0. The van der Waals surface area contributed by atoms with Crippen LogP contribution in [-0.4, -0.2) is 80.9 Å². The molecule has 0 aromatic heterocycles. The Bertz CT molecular complexity index is 273. The van der Waals surface area contributed by atoms with Crippen molar-refractivity contribution in [2.45, 2.75) is 57.8 Å². The van der Waals surface area contributed by atoms with Crippen molar-refractivity contribution in [2.24, 2.45) is 0 Å². The van der Waals surface area contributed by atoms with Gasteiger partial charge in [-0.1, -0.05) is 12.8 Å². The first-order chi connectivity index (χ1) is 12.1. The van der Waals surface area contributed by atoms with Crippen LogP contribution in [0.3, 0.4) is 0 Å². The quantitative estimate of drug-likeness (QED) is 0.332. The minimum atomic E-state index is -0.0494. The fourth-order valence-electron chi connectivity index (χ4n) is 2.42. The van der Waals surface area contributed by atoms with Crippen molar-refractivity contribution >= 4 is 41.6 Å². The van der Waals surface area contributed by atoms with Crippen LogP contribution in [0.15, 0.2) is 0 Å². The molecule has 25 heavy (non-hydrogen) atoms. The van der Waals surface area contributed by atoms with E-state index in [1.165, 1.54) is 64.7 Å². The van der Waals surface area contributed by atoms with Crippen molar-refractivity contribution in [3.8, 4) is 0 Å². The Balaban J connectivity index is 0.000000392. The standard InChI is InChI=1S/C7H14N2O2Se2.2C5H11N/c10-6(12)8-4-2-1-3-5-9-7(11)13;2*1-2-4-6-5-3-1/h1-5H2,(H2,8,10,12)(H2,9,11,13);2*6H,1-5H2. The molecular weight excluding hydrogens is 450 g/mol. The van der Waals surface area contributed by atoms with Gasteiger partial charge in [0.2, 0.25) is 0 Å². The Kier molecular flexibility index (Phi) is 20.1. The summed E-state index contributed by atoms with van der Waals surface area (Å²) in [7, 11) is 0. The van der Waals surface area contributed by atoms with Crippen molar-refractivity contribution in [2.75, 3.05) is 39.3 Å². The molecule has 2 saturated heterocycles. The molecule has 0 unspecified atom stereocenters. The van der Waals surface area contributed by atoms with E-state index in [2.05, 4.69) is 21.3 Å². The maximum absolute atomic E-state index is 10.4. The first kappa shape index (κ1) is 24.9. The van der Waals surface area contributed by atoms with E-state index >= 15 is 0 Å². The molecule has 0 bridgehead atoms. The van der Waals surface area contributed by atoms with Crippen LogP contribution in [-0.2, 0) is 0 Å². The van der Waals surface area contributed by atoms with Crippen molar-refractivity contribution < 1.29 is 9.59 Å². The molecule has 0 saturated carbocycles. The van der Waals surface area contributed by atoms with E-state index in [0.717, 1.165) is 19.3 Å². The number of amides is 2. The molecule has 2 aliphatic heterocycles. The summed E-state index contributed by atoms with van der Waals surface area (Å²) in [6, 6.07) is 0. The van der Waals surface area contributed by atoms with Gasteiger partial charge in [0.05, 0.1) is 0 Å². The Morgan fingerprint density at radius 2 is 1.00 bits per heavy atom. The van der Waals surface area contributed by atoms with Gasteiger partial charge < -0.3 is 10.6 Å². The van der Waals surface area contributed by atoms with Crippen molar-refractivity contribution in [3.63, 3.8) is 0 Å². The third kappa shape index (κ3) is 23.9. The molecule has 4 N–H and O–H groups in total. The topological polar surface area (TPSA) is 82.3 Å². The van der Waals surface area contributed by atoms with Crippen LogP contribution in [0, 0.1) is 0 Å². The Morgan fingerprint density at radius 3 is 1.20 bits per heavy atom. The van der Waals surface area contributed by atoms with E-state index in [9.17, 15) is 9.59 Å². The summed E-state index contributed by atoms with van der Waals surface area (Å²) in [5.74, 6) is 0. The summed E-state index contributed by atoms with van der Waals surface area (Å²) in [5, 5.41) is 11.9.